The molecule has 0 amide bonds. The Labute approximate surface area is 71.9 Å². The number of nitro groups is 1. The van der Waals surface area contributed by atoms with E-state index in [-0.39, 0.29) is 19.2 Å². The molecule has 0 aromatic carbocycles. The summed E-state index contributed by atoms with van der Waals surface area (Å²) in [5.74, 6) is -0.510. The van der Waals surface area contributed by atoms with Crippen LogP contribution in [0.25, 0.3) is 0 Å². The predicted octanol–water partition coefficient (Wildman–Crippen LogP) is -1.06. The number of ether oxygens (including phenoxy) is 1. The molecule has 2 rings (SSSR count). The second kappa shape index (κ2) is 2.66. The molecule has 0 saturated carbocycles. The highest BCUT2D eigenvalue weighted by Gasteiger charge is 2.28. The van der Waals surface area contributed by atoms with Crippen LogP contribution in [0, 0.1) is 10.1 Å². The van der Waals surface area contributed by atoms with E-state index >= 15 is 0 Å². The summed E-state index contributed by atoms with van der Waals surface area (Å²) in [6, 6.07) is 0.0806. The van der Waals surface area contributed by atoms with Gasteiger partial charge >= 0.3 is 12.0 Å². The van der Waals surface area contributed by atoms with E-state index in [0.717, 1.165) is 0 Å². The zero-order valence-corrected chi connectivity index (χ0v) is 6.45. The molecule has 8 heteroatoms. The van der Waals surface area contributed by atoms with Gasteiger partial charge in [-0.3, -0.25) is 0 Å². The Morgan fingerprint density at radius 1 is 1.77 bits per heavy atom. The van der Waals surface area contributed by atoms with E-state index in [2.05, 4.69) is 10.1 Å². The molecule has 13 heavy (non-hydrogen) atoms. The van der Waals surface area contributed by atoms with Crippen molar-refractivity contribution in [1.29, 1.82) is 0 Å². The normalized spacial score (nSPS) is 20.5. The molecule has 1 unspecified atom stereocenters. The van der Waals surface area contributed by atoms with Crippen LogP contribution in [0.5, 0.6) is 6.01 Å². The first kappa shape index (κ1) is 7.92. The Kier molecular flexibility index (Phi) is 1.62. The third-order valence-corrected chi connectivity index (χ3v) is 1.58. The lowest BCUT2D eigenvalue weighted by Crippen LogP contribution is -2.30. The molecule has 1 aromatic rings. The van der Waals surface area contributed by atoms with E-state index in [1.165, 1.54) is 4.68 Å². The standard InChI is InChI=1S/C5H6N4O4/c10-3-1-8-5(13-2-3)6-4(7-8)9(11)12/h3,10H,1-2H2. The molecule has 1 aromatic heterocycles. The van der Waals surface area contributed by atoms with E-state index in [9.17, 15) is 10.1 Å². The molecule has 1 aliphatic rings. The Morgan fingerprint density at radius 2 is 2.54 bits per heavy atom. The molecule has 0 fully saturated rings. The number of aliphatic hydroxyl groups is 1. The third-order valence-electron chi connectivity index (χ3n) is 1.58. The summed E-state index contributed by atoms with van der Waals surface area (Å²) in [5, 5.41) is 22.9. The van der Waals surface area contributed by atoms with Gasteiger partial charge in [-0.25, -0.2) is 0 Å². The highest BCUT2D eigenvalue weighted by Crippen LogP contribution is 2.17. The van der Waals surface area contributed by atoms with E-state index in [1.807, 2.05) is 0 Å². The van der Waals surface area contributed by atoms with Gasteiger partial charge in [-0.1, -0.05) is 0 Å². The van der Waals surface area contributed by atoms with Gasteiger partial charge in [0.15, 0.2) is 0 Å². The number of aromatic nitrogens is 3. The van der Waals surface area contributed by atoms with Crippen LogP contribution in [0.3, 0.4) is 0 Å². The molecule has 0 bridgehead atoms. The summed E-state index contributed by atoms with van der Waals surface area (Å²) < 4.78 is 6.07. The highest BCUT2D eigenvalue weighted by molar-refractivity contribution is 5.09. The number of nitrogens with zero attached hydrogens (tertiary/aromatic N) is 4. The van der Waals surface area contributed by atoms with Crippen LogP contribution in [0.1, 0.15) is 0 Å². The fraction of sp³-hybridized carbons (Fsp3) is 0.600. The second-order valence-corrected chi connectivity index (χ2v) is 2.60. The van der Waals surface area contributed by atoms with E-state index in [1.54, 1.807) is 0 Å². The lowest BCUT2D eigenvalue weighted by atomic mass is 10.4. The van der Waals surface area contributed by atoms with Crippen molar-refractivity contribution in [1.82, 2.24) is 14.8 Å². The fourth-order valence-electron chi connectivity index (χ4n) is 1.04. The van der Waals surface area contributed by atoms with Crippen molar-refractivity contribution in [2.24, 2.45) is 0 Å². The van der Waals surface area contributed by atoms with Crippen LogP contribution in [-0.2, 0) is 6.54 Å². The SMILES string of the molecule is O=[N+]([O-])c1nc2n(n1)CC(O)CO2. The van der Waals surface area contributed by atoms with E-state index in [0.29, 0.717) is 0 Å². The van der Waals surface area contributed by atoms with Crippen molar-refractivity contribution < 1.29 is 14.8 Å². The van der Waals surface area contributed by atoms with E-state index in [4.69, 9.17) is 9.84 Å². The van der Waals surface area contributed by atoms with Gasteiger partial charge in [-0.2, -0.15) is 0 Å². The van der Waals surface area contributed by atoms with Crippen LogP contribution in [-0.4, -0.2) is 37.5 Å². The maximum atomic E-state index is 10.2. The maximum Gasteiger partial charge on any atom is 0.494 e. The summed E-state index contributed by atoms with van der Waals surface area (Å²) in [5.41, 5.74) is 0. The first-order valence-electron chi connectivity index (χ1n) is 3.57. The second-order valence-electron chi connectivity index (χ2n) is 2.60. The van der Waals surface area contributed by atoms with Gasteiger partial charge < -0.3 is 20.0 Å². The largest absolute Gasteiger partial charge is 0.494 e. The van der Waals surface area contributed by atoms with Gasteiger partial charge in [-0.05, 0) is 9.91 Å². The molecule has 0 saturated heterocycles. The van der Waals surface area contributed by atoms with Crippen molar-refractivity contribution in [2.75, 3.05) is 6.61 Å². The molecular weight excluding hydrogens is 180 g/mol. The number of hydrogen-bond acceptors (Lipinski definition) is 6. The number of fused-ring (bicyclic) bond motifs is 1. The fourth-order valence-corrected chi connectivity index (χ4v) is 1.04. The smallest absolute Gasteiger partial charge is 0.448 e. The number of rotatable bonds is 1. The summed E-state index contributed by atoms with van der Waals surface area (Å²) in [6.07, 6.45) is -0.686. The Morgan fingerprint density at radius 3 is 3.23 bits per heavy atom. The first-order valence-corrected chi connectivity index (χ1v) is 3.57. The summed E-state index contributed by atoms with van der Waals surface area (Å²) in [7, 11) is 0. The van der Waals surface area contributed by atoms with Crippen molar-refractivity contribution in [3.63, 3.8) is 0 Å². The van der Waals surface area contributed by atoms with Crippen molar-refractivity contribution in [2.45, 2.75) is 12.6 Å². The highest BCUT2D eigenvalue weighted by atomic mass is 16.6. The lowest BCUT2D eigenvalue weighted by molar-refractivity contribution is -0.394. The van der Waals surface area contributed by atoms with Crippen LogP contribution < -0.4 is 4.74 Å². The topological polar surface area (TPSA) is 103 Å². The Bertz CT molecular complexity index is 348. The zero-order chi connectivity index (χ0) is 9.42. The van der Waals surface area contributed by atoms with Crippen molar-refractivity contribution >= 4 is 5.95 Å². The Hall–Kier alpha value is -1.70. The zero-order valence-electron chi connectivity index (χ0n) is 6.45. The van der Waals surface area contributed by atoms with Crippen LogP contribution in [0.2, 0.25) is 0 Å². The van der Waals surface area contributed by atoms with Gasteiger partial charge in [0.25, 0.3) is 0 Å². The Balaban J connectivity index is 2.33. The minimum atomic E-state index is -0.707. The molecule has 1 N–H and O–H groups in total. The first-order chi connectivity index (χ1) is 6.16. The van der Waals surface area contributed by atoms with Crippen molar-refractivity contribution in [3.8, 4) is 6.01 Å². The molecule has 8 nitrogen and oxygen atoms in total. The molecule has 0 radical (unpaired) electrons. The number of aliphatic hydroxyl groups excluding tert-OH is 1. The monoisotopic (exact) mass is 186 g/mol. The van der Waals surface area contributed by atoms with Gasteiger partial charge in [-0.15, -0.1) is 4.68 Å². The predicted molar refractivity (Wildman–Crippen MR) is 38.2 cm³/mol. The lowest BCUT2D eigenvalue weighted by Gasteiger charge is -2.14. The van der Waals surface area contributed by atoms with Gasteiger partial charge in [0.05, 0.1) is 6.54 Å². The molecule has 1 atom stereocenters. The van der Waals surface area contributed by atoms with Gasteiger partial charge in [0.1, 0.15) is 12.7 Å². The van der Waals surface area contributed by atoms with Gasteiger partial charge in [0, 0.05) is 5.10 Å². The summed E-state index contributed by atoms with van der Waals surface area (Å²) in [4.78, 5) is 13.0. The van der Waals surface area contributed by atoms with Gasteiger partial charge in [0.2, 0.25) is 0 Å². The molecular formula is C5H6N4O4. The number of hydrogen-bond donors (Lipinski definition) is 1. The van der Waals surface area contributed by atoms with Crippen LogP contribution >= 0.6 is 0 Å². The minimum absolute atomic E-state index is 0.0806. The summed E-state index contributed by atoms with van der Waals surface area (Å²) in [6.45, 7) is 0.270. The van der Waals surface area contributed by atoms with Crippen LogP contribution in [0.4, 0.5) is 5.95 Å². The average molecular weight is 186 g/mol. The average Bonchev–Trinajstić information content (AvgIpc) is 2.46. The molecule has 70 valence electrons. The maximum absolute atomic E-state index is 10.2. The van der Waals surface area contributed by atoms with Crippen LogP contribution in [0.15, 0.2) is 0 Å². The molecule has 1 aliphatic heterocycles. The third kappa shape index (κ3) is 1.31. The quantitative estimate of drug-likeness (QED) is 0.442. The minimum Gasteiger partial charge on any atom is -0.448 e. The van der Waals surface area contributed by atoms with E-state index < -0.39 is 17.0 Å². The molecule has 2 heterocycles. The van der Waals surface area contributed by atoms with Crippen molar-refractivity contribution in [3.05, 3.63) is 10.1 Å². The summed E-state index contributed by atoms with van der Waals surface area (Å²) >= 11 is 0. The molecule has 0 spiro atoms. The molecule has 0 aliphatic carbocycles.